The maximum Gasteiger partial charge on any atom is 0.242 e. The van der Waals surface area contributed by atoms with Crippen molar-refractivity contribution in [2.75, 3.05) is 32.7 Å². The largest absolute Gasteiger partial charge is 0.336 e. The Balaban J connectivity index is 1.90. The van der Waals surface area contributed by atoms with Crippen LogP contribution in [0.4, 0.5) is 0 Å². The molecule has 18 heavy (non-hydrogen) atoms. The number of amides is 2. The predicted molar refractivity (Wildman–Crippen MR) is 69.1 cm³/mol. The Labute approximate surface area is 108 Å². The van der Waals surface area contributed by atoms with E-state index in [0.717, 1.165) is 45.4 Å². The van der Waals surface area contributed by atoms with Crippen molar-refractivity contribution in [1.29, 1.82) is 0 Å². The lowest BCUT2D eigenvalue weighted by atomic mass is 10.2. The smallest absolute Gasteiger partial charge is 0.242 e. The number of nitrogens with zero attached hydrogens (tertiary/aromatic N) is 2. The third-order valence-corrected chi connectivity index (χ3v) is 3.82. The van der Waals surface area contributed by atoms with Crippen molar-refractivity contribution >= 4 is 11.8 Å². The summed E-state index contributed by atoms with van der Waals surface area (Å²) in [6.07, 6.45) is 3.69. The Morgan fingerprint density at radius 1 is 1.33 bits per heavy atom. The molecule has 2 heterocycles. The van der Waals surface area contributed by atoms with E-state index < -0.39 is 0 Å². The van der Waals surface area contributed by atoms with Gasteiger partial charge in [-0.15, -0.1) is 0 Å². The quantitative estimate of drug-likeness (QED) is 0.765. The van der Waals surface area contributed by atoms with Crippen molar-refractivity contribution < 1.29 is 9.59 Å². The molecule has 0 saturated carbocycles. The molecule has 1 atom stereocenters. The fourth-order valence-electron chi connectivity index (χ4n) is 2.67. The Hall–Kier alpha value is -1.10. The highest BCUT2D eigenvalue weighted by Gasteiger charge is 2.26. The first-order valence-electron chi connectivity index (χ1n) is 6.96. The first kappa shape index (κ1) is 13.3. The maximum atomic E-state index is 12.2. The lowest BCUT2D eigenvalue weighted by Gasteiger charge is -2.35. The van der Waals surface area contributed by atoms with E-state index in [2.05, 4.69) is 5.32 Å². The molecule has 2 fully saturated rings. The molecule has 5 nitrogen and oxygen atoms in total. The Morgan fingerprint density at radius 2 is 2.17 bits per heavy atom. The molecule has 0 aromatic carbocycles. The Morgan fingerprint density at radius 3 is 2.94 bits per heavy atom. The molecule has 1 N–H and O–H groups in total. The van der Waals surface area contributed by atoms with Crippen LogP contribution in [0.2, 0.25) is 0 Å². The second-order valence-electron chi connectivity index (χ2n) is 5.27. The first-order chi connectivity index (χ1) is 8.68. The summed E-state index contributed by atoms with van der Waals surface area (Å²) in [6, 6.07) is 0.230. The average molecular weight is 253 g/mol. The summed E-state index contributed by atoms with van der Waals surface area (Å²) in [5.74, 6) is 0.239. The van der Waals surface area contributed by atoms with E-state index in [1.54, 1.807) is 4.90 Å². The van der Waals surface area contributed by atoms with Crippen LogP contribution in [0.25, 0.3) is 0 Å². The molecule has 2 aliphatic rings. The van der Waals surface area contributed by atoms with Gasteiger partial charge in [0.15, 0.2) is 0 Å². The fourth-order valence-corrected chi connectivity index (χ4v) is 2.67. The number of piperazine rings is 1. The van der Waals surface area contributed by atoms with Gasteiger partial charge in [0.05, 0.1) is 6.54 Å². The van der Waals surface area contributed by atoms with Crippen molar-refractivity contribution in [2.45, 2.75) is 38.6 Å². The predicted octanol–water partition coefficient (Wildman–Crippen LogP) is 0.209. The van der Waals surface area contributed by atoms with Gasteiger partial charge in [-0.2, -0.15) is 0 Å². The molecule has 0 bridgehead atoms. The van der Waals surface area contributed by atoms with Gasteiger partial charge in [-0.1, -0.05) is 6.42 Å². The zero-order chi connectivity index (χ0) is 13.0. The van der Waals surface area contributed by atoms with Crippen LogP contribution in [-0.4, -0.2) is 60.4 Å². The minimum Gasteiger partial charge on any atom is -0.336 e. The van der Waals surface area contributed by atoms with Gasteiger partial charge in [0.25, 0.3) is 0 Å². The van der Waals surface area contributed by atoms with Gasteiger partial charge in [0.2, 0.25) is 11.8 Å². The summed E-state index contributed by atoms with van der Waals surface area (Å²) in [5.41, 5.74) is 0. The second-order valence-corrected chi connectivity index (χ2v) is 5.27. The zero-order valence-electron chi connectivity index (χ0n) is 11.2. The molecular formula is C13H23N3O2. The van der Waals surface area contributed by atoms with Crippen LogP contribution >= 0.6 is 0 Å². The number of carbonyl (C=O) groups excluding carboxylic acids is 2. The highest BCUT2D eigenvalue weighted by atomic mass is 16.2. The zero-order valence-corrected chi connectivity index (χ0v) is 11.2. The molecule has 0 aromatic rings. The molecule has 0 radical (unpaired) electrons. The topological polar surface area (TPSA) is 52.7 Å². The van der Waals surface area contributed by atoms with E-state index >= 15 is 0 Å². The van der Waals surface area contributed by atoms with Gasteiger partial charge < -0.3 is 15.1 Å². The Bertz CT molecular complexity index is 319. The second kappa shape index (κ2) is 6.18. The summed E-state index contributed by atoms with van der Waals surface area (Å²) in [5, 5.41) is 3.27. The standard InChI is InChI=1S/C13H23N3O2/c1-11-9-14-6-8-16(11)13(18)10-15-7-4-2-3-5-12(15)17/h11,14H,2-10H2,1H3. The summed E-state index contributed by atoms with van der Waals surface area (Å²) in [6.45, 7) is 5.51. The SMILES string of the molecule is CC1CNCCN1C(=O)CN1CCCCCC1=O. The maximum absolute atomic E-state index is 12.2. The van der Waals surface area contributed by atoms with Gasteiger partial charge >= 0.3 is 0 Å². The monoisotopic (exact) mass is 253 g/mol. The van der Waals surface area contributed by atoms with Gasteiger partial charge in [0, 0.05) is 38.6 Å². The van der Waals surface area contributed by atoms with Gasteiger partial charge in [-0.25, -0.2) is 0 Å². The first-order valence-corrected chi connectivity index (χ1v) is 6.96. The van der Waals surface area contributed by atoms with Crippen LogP contribution in [0.3, 0.4) is 0 Å². The van der Waals surface area contributed by atoms with Gasteiger partial charge in [0.1, 0.15) is 0 Å². The summed E-state index contributed by atoms with van der Waals surface area (Å²) in [4.78, 5) is 27.7. The van der Waals surface area contributed by atoms with Crippen LogP contribution in [0.5, 0.6) is 0 Å². The number of carbonyl (C=O) groups is 2. The molecule has 2 aliphatic heterocycles. The number of hydrogen-bond donors (Lipinski definition) is 1. The van der Waals surface area contributed by atoms with E-state index in [0.29, 0.717) is 6.42 Å². The van der Waals surface area contributed by atoms with Crippen LogP contribution in [0, 0.1) is 0 Å². The van der Waals surface area contributed by atoms with E-state index in [9.17, 15) is 9.59 Å². The third-order valence-electron chi connectivity index (χ3n) is 3.82. The Kier molecular flexibility index (Phi) is 4.58. The van der Waals surface area contributed by atoms with E-state index in [1.165, 1.54) is 0 Å². The molecule has 5 heteroatoms. The average Bonchev–Trinajstić information content (AvgIpc) is 2.55. The lowest BCUT2D eigenvalue weighted by molar-refractivity contribution is -0.141. The molecular weight excluding hydrogens is 230 g/mol. The lowest BCUT2D eigenvalue weighted by Crippen LogP contribution is -2.55. The summed E-state index contributed by atoms with van der Waals surface area (Å²) < 4.78 is 0. The van der Waals surface area contributed by atoms with Crippen LogP contribution in [0.15, 0.2) is 0 Å². The molecule has 0 spiro atoms. The van der Waals surface area contributed by atoms with Crippen molar-refractivity contribution in [1.82, 2.24) is 15.1 Å². The molecule has 2 rings (SSSR count). The van der Waals surface area contributed by atoms with E-state index in [-0.39, 0.29) is 24.4 Å². The third kappa shape index (κ3) is 3.22. The minimum absolute atomic E-state index is 0.0965. The van der Waals surface area contributed by atoms with E-state index in [1.807, 2.05) is 11.8 Å². The van der Waals surface area contributed by atoms with Crippen LogP contribution in [0.1, 0.15) is 32.6 Å². The number of hydrogen-bond acceptors (Lipinski definition) is 3. The van der Waals surface area contributed by atoms with Crippen molar-refractivity contribution in [3.63, 3.8) is 0 Å². The summed E-state index contributed by atoms with van der Waals surface area (Å²) in [7, 11) is 0. The van der Waals surface area contributed by atoms with Crippen LogP contribution < -0.4 is 5.32 Å². The van der Waals surface area contributed by atoms with Gasteiger partial charge in [-0.05, 0) is 19.8 Å². The highest BCUT2D eigenvalue weighted by molar-refractivity contribution is 5.85. The van der Waals surface area contributed by atoms with Gasteiger partial charge in [-0.3, -0.25) is 9.59 Å². The number of likely N-dealkylation sites (tertiary alicyclic amines) is 1. The summed E-state index contributed by atoms with van der Waals surface area (Å²) >= 11 is 0. The number of rotatable bonds is 2. The van der Waals surface area contributed by atoms with Crippen molar-refractivity contribution in [2.24, 2.45) is 0 Å². The molecule has 1 unspecified atom stereocenters. The molecule has 0 aliphatic carbocycles. The van der Waals surface area contributed by atoms with E-state index in [4.69, 9.17) is 0 Å². The molecule has 2 saturated heterocycles. The molecule has 2 amide bonds. The van der Waals surface area contributed by atoms with Crippen molar-refractivity contribution in [3.05, 3.63) is 0 Å². The van der Waals surface area contributed by atoms with Crippen LogP contribution in [-0.2, 0) is 9.59 Å². The molecule has 102 valence electrons. The normalized spacial score (nSPS) is 26.1. The fraction of sp³-hybridized carbons (Fsp3) is 0.846. The molecule has 0 aromatic heterocycles. The minimum atomic E-state index is 0.0965. The highest BCUT2D eigenvalue weighted by Crippen LogP contribution is 2.12. The number of nitrogens with one attached hydrogen (secondary N) is 1. The van der Waals surface area contributed by atoms with Crippen molar-refractivity contribution in [3.8, 4) is 0 Å².